The van der Waals surface area contributed by atoms with Crippen molar-refractivity contribution < 1.29 is 9.59 Å². The summed E-state index contributed by atoms with van der Waals surface area (Å²) in [5, 5.41) is 0. The van der Waals surface area contributed by atoms with E-state index in [4.69, 9.17) is 0 Å². The van der Waals surface area contributed by atoms with E-state index in [0.29, 0.717) is 25.5 Å². The second-order valence-electron chi connectivity index (χ2n) is 6.76. The number of rotatable bonds is 3. The summed E-state index contributed by atoms with van der Waals surface area (Å²) in [6.45, 7) is 7.50. The summed E-state index contributed by atoms with van der Waals surface area (Å²) < 4.78 is 0. The number of likely N-dealkylation sites (tertiary alicyclic amines) is 1. The van der Waals surface area contributed by atoms with Gasteiger partial charge in [0.15, 0.2) is 0 Å². The minimum Gasteiger partial charge on any atom is -0.341 e. The molecule has 0 radical (unpaired) electrons. The van der Waals surface area contributed by atoms with Gasteiger partial charge in [-0.2, -0.15) is 0 Å². The molecular weight excluding hydrogens is 306 g/mol. The summed E-state index contributed by atoms with van der Waals surface area (Å²) in [6, 6.07) is 1.96. The van der Waals surface area contributed by atoms with Gasteiger partial charge in [-0.1, -0.05) is 0 Å². The first-order valence-corrected chi connectivity index (χ1v) is 8.66. The minimum absolute atomic E-state index is 0.0949. The van der Waals surface area contributed by atoms with E-state index in [9.17, 15) is 9.59 Å². The summed E-state index contributed by atoms with van der Waals surface area (Å²) in [5.41, 5.74) is 0. The van der Waals surface area contributed by atoms with E-state index < -0.39 is 0 Å². The third kappa shape index (κ3) is 3.49. The zero-order valence-corrected chi connectivity index (χ0v) is 14.4. The van der Waals surface area contributed by atoms with Crippen molar-refractivity contribution in [2.24, 2.45) is 5.92 Å². The summed E-state index contributed by atoms with van der Waals surface area (Å²) in [5.74, 6) is 0.730. The first-order valence-electron chi connectivity index (χ1n) is 8.66. The highest BCUT2D eigenvalue weighted by Gasteiger charge is 2.37. The molecule has 0 N–H and O–H groups in total. The fourth-order valence-corrected chi connectivity index (χ4v) is 3.45. The van der Waals surface area contributed by atoms with Gasteiger partial charge in [-0.25, -0.2) is 9.97 Å². The van der Waals surface area contributed by atoms with Crippen LogP contribution in [-0.4, -0.2) is 70.3 Å². The number of anilines is 1. The second kappa shape index (κ2) is 7.15. The molecule has 130 valence electrons. The van der Waals surface area contributed by atoms with E-state index in [0.717, 1.165) is 26.1 Å². The molecule has 2 aliphatic heterocycles. The van der Waals surface area contributed by atoms with Crippen LogP contribution < -0.4 is 4.90 Å². The normalized spacial score (nSPS) is 22.2. The predicted molar refractivity (Wildman–Crippen MR) is 90.4 cm³/mol. The van der Waals surface area contributed by atoms with E-state index in [1.54, 1.807) is 18.5 Å². The highest BCUT2D eigenvalue weighted by molar-refractivity contribution is 5.89. The van der Waals surface area contributed by atoms with Gasteiger partial charge in [0.1, 0.15) is 0 Å². The molecule has 0 bridgehead atoms. The van der Waals surface area contributed by atoms with E-state index in [2.05, 4.69) is 14.9 Å². The Morgan fingerprint density at radius 3 is 2.58 bits per heavy atom. The number of carbonyl (C=O) groups is 2. The Bertz CT molecular complexity index is 592. The number of nitrogens with zero attached hydrogens (tertiary/aromatic N) is 5. The molecule has 0 spiro atoms. The quantitative estimate of drug-likeness (QED) is 0.818. The molecule has 0 aliphatic carbocycles. The van der Waals surface area contributed by atoms with Gasteiger partial charge in [-0.15, -0.1) is 0 Å². The van der Waals surface area contributed by atoms with Crippen LogP contribution in [-0.2, 0) is 9.59 Å². The van der Waals surface area contributed by atoms with Crippen molar-refractivity contribution in [3.05, 3.63) is 18.5 Å². The summed E-state index contributed by atoms with van der Waals surface area (Å²) in [7, 11) is 0. The molecule has 2 aliphatic rings. The largest absolute Gasteiger partial charge is 0.341 e. The van der Waals surface area contributed by atoms with Crippen LogP contribution in [0, 0.1) is 5.92 Å². The Morgan fingerprint density at radius 1 is 1.17 bits per heavy atom. The smallest absolute Gasteiger partial charge is 0.228 e. The zero-order valence-electron chi connectivity index (χ0n) is 14.4. The molecule has 2 amide bonds. The molecule has 7 nitrogen and oxygen atoms in total. The SMILES string of the molecule is CC(C)N1CC(C(=O)N2CCCN(c3ncccn3)CC2)CC1=O. The molecule has 2 saturated heterocycles. The van der Waals surface area contributed by atoms with Crippen molar-refractivity contribution in [1.29, 1.82) is 0 Å². The fourth-order valence-electron chi connectivity index (χ4n) is 3.45. The molecule has 7 heteroatoms. The van der Waals surface area contributed by atoms with Crippen LogP contribution in [0.15, 0.2) is 18.5 Å². The molecule has 1 unspecified atom stereocenters. The molecular formula is C17H25N5O2. The first kappa shape index (κ1) is 16.7. The van der Waals surface area contributed by atoms with Crippen LogP contribution in [0.3, 0.4) is 0 Å². The third-order valence-corrected chi connectivity index (χ3v) is 4.77. The van der Waals surface area contributed by atoms with Gasteiger partial charge < -0.3 is 14.7 Å². The molecule has 1 aromatic heterocycles. The van der Waals surface area contributed by atoms with E-state index in [1.807, 2.05) is 23.6 Å². The number of hydrogen-bond acceptors (Lipinski definition) is 5. The average molecular weight is 331 g/mol. The van der Waals surface area contributed by atoms with Gasteiger partial charge in [0, 0.05) is 57.6 Å². The van der Waals surface area contributed by atoms with Crippen LogP contribution in [0.4, 0.5) is 5.95 Å². The number of amides is 2. The average Bonchev–Trinajstić information content (AvgIpc) is 2.82. The van der Waals surface area contributed by atoms with Crippen LogP contribution >= 0.6 is 0 Å². The predicted octanol–water partition coefficient (Wildman–Crippen LogP) is 0.772. The zero-order chi connectivity index (χ0) is 17.1. The van der Waals surface area contributed by atoms with E-state index in [-0.39, 0.29) is 23.8 Å². The number of hydrogen-bond donors (Lipinski definition) is 0. The molecule has 3 rings (SSSR count). The standard InChI is InChI=1S/C17H25N5O2/c1-13(2)22-12-14(11-15(22)23)16(24)20-7-4-8-21(10-9-20)17-18-5-3-6-19-17/h3,5-6,13-14H,4,7-12H2,1-2H3. The summed E-state index contributed by atoms with van der Waals surface area (Å²) >= 11 is 0. The Labute approximate surface area is 142 Å². The van der Waals surface area contributed by atoms with E-state index in [1.165, 1.54) is 0 Å². The van der Waals surface area contributed by atoms with Gasteiger partial charge in [-0.05, 0) is 26.3 Å². The first-order chi connectivity index (χ1) is 11.6. The molecule has 24 heavy (non-hydrogen) atoms. The maximum absolute atomic E-state index is 12.8. The molecule has 3 heterocycles. The van der Waals surface area contributed by atoms with Gasteiger partial charge in [0.2, 0.25) is 17.8 Å². The maximum Gasteiger partial charge on any atom is 0.228 e. The van der Waals surface area contributed by atoms with Crippen molar-refractivity contribution in [1.82, 2.24) is 19.8 Å². The third-order valence-electron chi connectivity index (χ3n) is 4.77. The lowest BCUT2D eigenvalue weighted by molar-refractivity contribution is -0.135. The van der Waals surface area contributed by atoms with Gasteiger partial charge in [0.25, 0.3) is 0 Å². The highest BCUT2D eigenvalue weighted by Crippen LogP contribution is 2.23. The van der Waals surface area contributed by atoms with Gasteiger partial charge >= 0.3 is 0 Å². The van der Waals surface area contributed by atoms with Gasteiger partial charge in [-0.3, -0.25) is 9.59 Å². The Morgan fingerprint density at radius 2 is 1.92 bits per heavy atom. The monoisotopic (exact) mass is 331 g/mol. The lowest BCUT2D eigenvalue weighted by Crippen LogP contribution is -2.40. The van der Waals surface area contributed by atoms with Crippen LogP contribution in [0.25, 0.3) is 0 Å². The second-order valence-corrected chi connectivity index (χ2v) is 6.76. The van der Waals surface area contributed by atoms with Gasteiger partial charge in [0.05, 0.1) is 5.92 Å². The Balaban J connectivity index is 1.60. The summed E-state index contributed by atoms with van der Waals surface area (Å²) in [6.07, 6.45) is 4.71. The Hall–Kier alpha value is -2.18. The van der Waals surface area contributed by atoms with Crippen LogP contribution in [0.2, 0.25) is 0 Å². The van der Waals surface area contributed by atoms with Crippen molar-refractivity contribution in [2.75, 3.05) is 37.6 Å². The molecule has 0 aromatic carbocycles. The summed E-state index contributed by atoms with van der Waals surface area (Å²) in [4.78, 5) is 39.3. The van der Waals surface area contributed by atoms with Crippen molar-refractivity contribution in [3.8, 4) is 0 Å². The molecule has 1 atom stereocenters. The maximum atomic E-state index is 12.8. The fraction of sp³-hybridized carbons (Fsp3) is 0.647. The van der Waals surface area contributed by atoms with E-state index >= 15 is 0 Å². The Kier molecular flexibility index (Phi) is 4.97. The minimum atomic E-state index is -0.195. The van der Waals surface area contributed by atoms with Crippen molar-refractivity contribution in [3.63, 3.8) is 0 Å². The molecule has 2 fully saturated rings. The lowest BCUT2D eigenvalue weighted by Gasteiger charge is -2.25. The lowest BCUT2D eigenvalue weighted by atomic mass is 10.1. The topological polar surface area (TPSA) is 69.6 Å². The van der Waals surface area contributed by atoms with Crippen molar-refractivity contribution in [2.45, 2.75) is 32.7 Å². The van der Waals surface area contributed by atoms with Crippen molar-refractivity contribution >= 4 is 17.8 Å². The molecule has 1 aromatic rings. The van der Waals surface area contributed by atoms with Crippen LogP contribution in [0.5, 0.6) is 0 Å². The van der Waals surface area contributed by atoms with Crippen LogP contribution in [0.1, 0.15) is 26.7 Å². The number of carbonyl (C=O) groups excluding carboxylic acids is 2. The highest BCUT2D eigenvalue weighted by atomic mass is 16.2. The molecule has 0 saturated carbocycles. The number of aromatic nitrogens is 2.